The van der Waals surface area contributed by atoms with E-state index in [2.05, 4.69) is 31.2 Å². The van der Waals surface area contributed by atoms with Gasteiger partial charge >= 0.3 is 0 Å². The van der Waals surface area contributed by atoms with Gasteiger partial charge in [-0.2, -0.15) is 4.37 Å². The molecule has 1 aromatic heterocycles. The lowest BCUT2D eigenvalue weighted by Gasteiger charge is -1.94. The van der Waals surface area contributed by atoms with E-state index in [1.807, 2.05) is 0 Å². The molecule has 0 unspecified atom stereocenters. The van der Waals surface area contributed by atoms with Crippen LogP contribution in [0.1, 0.15) is 30.3 Å². The molecule has 1 heterocycles. The van der Waals surface area contributed by atoms with Crippen LogP contribution in [0, 0.1) is 6.92 Å². The fourth-order valence-corrected chi connectivity index (χ4v) is 1.34. The molecular weight excluding hydrogens is 130 g/mol. The Hall–Kier alpha value is -0.370. The third-order valence-electron chi connectivity index (χ3n) is 1.24. The van der Waals surface area contributed by atoms with Crippen LogP contribution in [-0.4, -0.2) is 4.37 Å². The second-order valence-electron chi connectivity index (χ2n) is 2.52. The van der Waals surface area contributed by atoms with E-state index in [0.717, 1.165) is 0 Å². The predicted octanol–water partition coefficient (Wildman–Crippen LogP) is 2.57. The molecule has 0 amide bonds. The Morgan fingerprint density at radius 2 is 2.22 bits per heavy atom. The highest BCUT2D eigenvalue weighted by atomic mass is 32.1. The Morgan fingerprint density at radius 3 is 2.44 bits per heavy atom. The maximum Gasteiger partial charge on any atom is 0.0570 e. The third kappa shape index (κ3) is 1.52. The van der Waals surface area contributed by atoms with Crippen LogP contribution in [-0.2, 0) is 0 Å². The van der Waals surface area contributed by atoms with Crippen LogP contribution in [0.4, 0.5) is 0 Å². The van der Waals surface area contributed by atoms with Gasteiger partial charge in [0.05, 0.1) is 5.69 Å². The molecule has 0 aliphatic heterocycles. The van der Waals surface area contributed by atoms with Crippen molar-refractivity contribution in [2.24, 2.45) is 0 Å². The zero-order chi connectivity index (χ0) is 6.85. The molecule has 0 radical (unpaired) electrons. The smallest absolute Gasteiger partial charge is 0.0570 e. The van der Waals surface area contributed by atoms with E-state index < -0.39 is 0 Å². The summed E-state index contributed by atoms with van der Waals surface area (Å²) in [6, 6.07) is 2.15. The normalized spacial score (nSPS) is 10.7. The minimum Gasteiger partial charge on any atom is -0.197 e. The van der Waals surface area contributed by atoms with Gasteiger partial charge in [-0.3, -0.25) is 0 Å². The number of hydrogen-bond donors (Lipinski definition) is 0. The van der Waals surface area contributed by atoms with Crippen LogP contribution in [0.5, 0.6) is 0 Å². The Morgan fingerprint density at radius 1 is 1.56 bits per heavy atom. The second kappa shape index (κ2) is 2.48. The second-order valence-corrected chi connectivity index (χ2v) is 3.53. The van der Waals surface area contributed by atoms with E-state index in [4.69, 9.17) is 0 Å². The van der Waals surface area contributed by atoms with E-state index in [1.54, 1.807) is 11.5 Å². The molecule has 0 fully saturated rings. The molecule has 0 N–H and O–H groups in total. The van der Waals surface area contributed by atoms with Crippen molar-refractivity contribution in [2.75, 3.05) is 0 Å². The van der Waals surface area contributed by atoms with Crippen molar-refractivity contribution < 1.29 is 0 Å². The first-order chi connectivity index (χ1) is 4.20. The van der Waals surface area contributed by atoms with Crippen LogP contribution >= 0.6 is 11.5 Å². The van der Waals surface area contributed by atoms with Gasteiger partial charge in [0.1, 0.15) is 0 Å². The first-order valence-electron chi connectivity index (χ1n) is 3.13. The van der Waals surface area contributed by atoms with Crippen molar-refractivity contribution in [3.63, 3.8) is 0 Å². The van der Waals surface area contributed by atoms with Crippen molar-refractivity contribution in [3.8, 4) is 0 Å². The number of hydrogen-bond acceptors (Lipinski definition) is 2. The van der Waals surface area contributed by atoms with E-state index in [9.17, 15) is 0 Å². The minimum absolute atomic E-state index is 0.579. The maximum atomic E-state index is 4.26. The van der Waals surface area contributed by atoms with Gasteiger partial charge in [0.25, 0.3) is 0 Å². The molecule has 0 saturated heterocycles. The Bertz CT molecular complexity index is 191. The number of aromatic nitrogens is 1. The summed E-state index contributed by atoms with van der Waals surface area (Å²) in [7, 11) is 0. The molecule has 1 rings (SSSR count). The molecule has 0 atom stereocenters. The summed E-state index contributed by atoms with van der Waals surface area (Å²) in [6.07, 6.45) is 0. The molecule has 0 aliphatic rings. The van der Waals surface area contributed by atoms with Crippen LogP contribution in [0.3, 0.4) is 0 Å². The highest BCUT2D eigenvalue weighted by Crippen LogP contribution is 2.16. The zero-order valence-corrected chi connectivity index (χ0v) is 6.83. The van der Waals surface area contributed by atoms with E-state index >= 15 is 0 Å². The highest BCUT2D eigenvalue weighted by molar-refractivity contribution is 7.05. The SMILES string of the molecule is Cc1cc(C(C)C)ns1. The molecule has 2 heteroatoms. The fraction of sp³-hybridized carbons (Fsp3) is 0.571. The standard InChI is InChI=1S/C7H11NS/c1-5(2)7-4-6(3)9-8-7/h4-5H,1-3H3. The Balaban J connectivity index is 2.85. The summed E-state index contributed by atoms with van der Waals surface area (Å²) in [5, 5.41) is 0. The van der Waals surface area contributed by atoms with Crippen molar-refractivity contribution >= 4 is 11.5 Å². The van der Waals surface area contributed by atoms with Gasteiger partial charge in [-0.25, -0.2) is 0 Å². The lowest BCUT2D eigenvalue weighted by atomic mass is 10.1. The van der Waals surface area contributed by atoms with Gasteiger partial charge in [0, 0.05) is 4.88 Å². The number of rotatable bonds is 1. The van der Waals surface area contributed by atoms with Gasteiger partial charge in [-0.1, -0.05) is 13.8 Å². The van der Waals surface area contributed by atoms with Gasteiger partial charge in [-0.05, 0) is 30.4 Å². The molecular formula is C7H11NS. The van der Waals surface area contributed by atoms with Crippen LogP contribution in [0.2, 0.25) is 0 Å². The lowest BCUT2D eigenvalue weighted by Crippen LogP contribution is -1.83. The summed E-state index contributed by atoms with van der Waals surface area (Å²) in [4.78, 5) is 1.30. The molecule has 9 heavy (non-hydrogen) atoms. The largest absolute Gasteiger partial charge is 0.197 e. The van der Waals surface area contributed by atoms with E-state index in [1.165, 1.54) is 10.6 Å². The molecule has 50 valence electrons. The number of aryl methyl sites for hydroxylation is 1. The van der Waals surface area contributed by atoms with Crippen molar-refractivity contribution in [1.82, 2.24) is 4.37 Å². The third-order valence-corrected chi connectivity index (χ3v) is 1.95. The summed E-state index contributed by atoms with van der Waals surface area (Å²) in [5.74, 6) is 0.579. The molecule has 0 spiro atoms. The topological polar surface area (TPSA) is 12.9 Å². The first kappa shape index (κ1) is 6.75. The lowest BCUT2D eigenvalue weighted by molar-refractivity contribution is 0.840. The monoisotopic (exact) mass is 141 g/mol. The first-order valence-corrected chi connectivity index (χ1v) is 3.90. The molecule has 0 bridgehead atoms. The summed E-state index contributed by atoms with van der Waals surface area (Å²) < 4.78 is 4.26. The highest BCUT2D eigenvalue weighted by Gasteiger charge is 2.00. The minimum atomic E-state index is 0.579. The van der Waals surface area contributed by atoms with Crippen LogP contribution in [0.25, 0.3) is 0 Å². The summed E-state index contributed by atoms with van der Waals surface area (Å²) in [5.41, 5.74) is 1.22. The molecule has 0 aliphatic carbocycles. The van der Waals surface area contributed by atoms with Gasteiger partial charge in [0.2, 0.25) is 0 Å². The van der Waals surface area contributed by atoms with Gasteiger partial charge in [0.15, 0.2) is 0 Å². The van der Waals surface area contributed by atoms with Crippen molar-refractivity contribution in [1.29, 1.82) is 0 Å². The van der Waals surface area contributed by atoms with E-state index in [-0.39, 0.29) is 0 Å². The molecule has 1 nitrogen and oxygen atoms in total. The summed E-state index contributed by atoms with van der Waals surface area (Å²) >= 11 is 1.58. The molecule has 0 saturated carbocycles. The summed E-state index contributed by atoms with van der Waals surface area (Å²) in [6.45, 7) is 6.41. The van der Waals surface area contributed by atoms with Crippen molar-refractivity contribution in [2.45, 2.75) is 26.7 Å². The molecule has 0 aromatic carbocycles. The maximum absolute atomic E-state index is 4.26. The fourth-order valence-electron chi connectivity index (χ4n) is 0.658. The average molecular weight is 141 g/mol. The van der Waals surface area contributed by atoms with Crippen LogP contribution in [0.15, 0.2) is 6.07 Å². The Labute approximate surface area is 59.9 Å². The quantitative estimate of drug-likeness (QED) is 0.585. The zero-order valence-electron chi connectivity index (χ0n) is 6.01. The average Bonchev–Trinajstić information content (AvgIpc) is 2.14. The van der Waals surface area contributed by atoms with Gasteiger partial charge < -0.3 is 0 Å². The van der Waals surface area contributed by atoms with Crippen molar-refractivity contribution in [3.05, 3.63) is 16.6 Å². The van der Waals surface area contributed by atoms with Gasteiger partial charge in [-0.15, -0.1) is 0 Å². The Kier molecular flexibility index (Phi) is 1.86. The van der Waals surface area contributed by atoms with E-state index in [0.29, 0.717) is 5.92 Å². The predicted molar refractivity (Wildman–Crippen MR) is 40.9 cm³/mol. The molecule has 1 aromatic rings. The van der Waals surface area contributed by atoms with Crippen LogP contribution < -0.4 is 0 Å². The number of nitrogens with zero attached hydrogens (tertiary/aromatic N) is 1.